The first-order valence-corrected chi connectivity index (χ1v) is 12.6. The van der Waals surface area contributed by atoms with Gasteiger partial charge in [0.15, 0.2) is 18.1 Å². The summed E-state index contributed by atoms with van der Waals surface area (Å²) in [5, 5.41) is 2.64. The fraction of sp³-hybridized carbons (Fsp3) is 0.130. The SMILES string of the molecule is O=C(COC(=O)c1cccc(S(=O)(=O)Nc2ccc(I)cc2)c1)NCc1ccc2c(c1)OCO2. The molecule has 0 unspecified atom stereocenters. The van der Waals surface area contributed by atoms with E-state index >= 15 is 0 Å². The maximum atomic E-state index is 12.7. The summed E-state index contributed by atoms with van der Waals surface area (Å²) in [5.41, 5.74) is 1.20. The monoisotopic (exact) mass is 594 g/mol. The number of nitrogens with one attached hydrogen (secondary N) is 2. The Kier molecular flexibility index (Phi) is 7.22. The van der Waals surface area contributed by atoms with Crippen LogP contribution in [0.25, 0.3) is 0 Å². The smallest absolute Gasteiger partial charge is 0.338 e. The van der Waals surface area contributed by atoms with Gasteiger partial charge < -0.3 is 19.5 Å². The Labute approximate surface area is 209 Å². The van der Waals surface area contributed by atoms with Crippen LogP contribution in [0.3, 0.4) is 0 Å². The quantitative estimate of drug-likeness (QED) is 0.304. The predicted molar refractivity (Wildman–Crippen MR) is 131 cm³/mol. The zero-order valence-corrected chi connectivity index (χ0v) is 20.6. The number of esters is 1. The maximum Gasteiger partial charge on any atom is 0.338 e. The lowest BCUT2D eigenvalue weighted by atomic mass is 10.2. The second kappa shape index (κ2) is 10.3. The molecule has 34 heavy (non-hydrogen) atoms. The fourth-order valence-corrected chi connectivity index (χ4v) is 4.50. The third kappa shape index (κ3) is 5.97. The molecule has 0 spiro atoms. The molecule has 0 atom stereocenters. The second-order valence-electron chi connectivity index (χ2n) is 7.18. The van der Waals surface area contributed by atoms with E-state index in [4.69, 9.17) is 14.2 Å². The molecule has 1 aliphatic heterocycles. The molecular weight excluding hydrogens is 575 g/mol. The van der Waals surface area contributed by atoms with Gasteiger partial charge in [-0.3, -0.25) is 9.52 Å². The molecule has 1 heterocycles. The summed E-state index contributed by atoms with van der Waals surface area (Å²) >= 11 is 2.12. The van der Waals surface area contributed by atoms with Crippen LogP contribution < -0.4 is 19.5 Å². The van der Waals surface area contributed by atoms with Crippen molar-refractivity contribution in [2.45, 2.75) is 11.4 Å². The number of hydrogen-bond donors (Lipinski definition) is 2. The van der Waals surface area contributed by atoms with E-state index in [0.717, 1.165) is 9.13 Å². The molecule has 0 bridgehead atoms. The Hall–Kier alpha value is -3.32. The first-order chi connectivity index (χ1) is 16.3. The molecule has 2 N–H and O–H groups in total. The average Bonchev–Trinajstić information content (AvgIpc) is 3.30. The number of fused-ring (bicyclic) bond motifs is 1. The third-order valence-electron chi connectivity index (χ3n) is 4.74. The fourth-order valence-electron chi connectivity index (χ4n) is 3.04. The van der Waals surface area contributed by atoms with Gasteiger partial charge in [-0.25, -0.2) is 13.2 Å². The standard InChI is InChI=1S/C23H19IN2O7S/c24-17-5-7-18(8-6-17)26-34(29,30)19-3-1-2-16(11-19)23(28)31-13-22(27)25-12-15-4-9-20-21(10-15)33-14-32-20/h1-11,26H,12-14H2,(H,25,27). The van der Waals surface area contributed by atoms with Gasteiger partial charge in [0.25, 0.3) is 15.9 Å². The van der Waals surface area contributed by atoms with E-state index in [1.807, 2.05) is 0 Å². The van der Waals surface area contributed by atoms with E-state index in [-0.39, 0.29) is 23.8 Å². The number of sulfonamides is 1. The molecule has 9 nitrogen and oxygen atoms in total. The Morgan fingerprint density at radius 2 is 1.74 bits per heavy atom. The van der Waals surface area contributed by atoms with E-state index in [0.29, 0.717) is 17.2 Å². The van der Waals surface area contributed by atoms with Gasteiger partial charge in [0.05, 0.1) is 10.5 Å². The van der Waals surface area contributed by atoms with Crippen molar-refractivity contribution in [2.24, 2.45) is 0 Å². The topological polar surface area (TPSA) is 120 Å². The van der Waals surface area contributed by atoms with Crippen LogP contribution in [-0.4, -0.2) is 33.7 Å². The van der Waals surface area contributed by atoms with Gasteiger partial charge in [-0.05, 0) is 82.8 Å². The molecule has 0 aromatic heterocycles. The molecule has 3 aromatic rings. The van der Waals surface area contributed by atoms with Gasteiger partial charge in [-0.15, -0.1) is 0 Å². The summed E-state index contributed by atoms with van der Waals surface area (Å²) in [4.78, 5) is 24.4. The molecule has 176 valence electrons. The van der Waals surface area contributed by atoms with Crippen molar-refractivity contribution in [2.75, 3.05) is 18.1 Å². The maximum absolute atomic E-state index is 12.7. The van der Waals surface area contributed by atoms with Crippen LogP contribution in [0.1, 0.15) is 15.9 Å². The number of benzene rings is 3. The molecule has 11 heteroatoms. The van der Waals surface area contributed by atoms with Crippen molar-refractivity contribution in [1.29, 1.82) is 0 Å². The Balaban J connectivity index is 1.32. The van der Waals surface area contributed by atoms with E-state index in [1.165, 1.54) is 24.3 Å². The van der Waals surface area contributed by atoms with Gasteiger partial charge in [0.1, 0.15) is 0 Å². The third-order valence-corrected chi connectivity index (χ3v) is 6.84. The van der Waals surface area contributed by atoms with Crippen LogP contribution in [0.4, 0.5) is 5.69 Å². The van der Waals surface area contributed by atoms with E-state index < -0.39 is 28.5 Å². The zero-order valence-electron chi connectivity index (χ0n) is 17.6. The number of ether oxygens (including phenoxy) is 3. The molecule has 0 fully saturated rings. The van der Waals surface area contributed by atoms with Crippen LogP contribution in [-0.2, 0) is 26.1 Å². The highest BCUT2D eigenvalue weighted by molar-refractivity contribution is 14.1. The molecule has 3 aromatic carbocycles. The van der Waals surface area contributed by atoms with Crippen molar-refractivity contribution in [3.8, 4) is 11.5 Å². The number of halogens is 1. The summed E-state index contributed by atoms with van der Waals surface area (Å²) in [6, 6.07) is 17.5. The molecule has 1 amide bonds. The predicted octanol–water partition coefficient (Wildman–Crippen LogP) is 3.29. The number of anilines is 1. The van der Waals surface area contributed by atoms with Crippen molar-refractivity contribution in [3.63, 3.8) is 0 Å². The number of carbonyl (C=O) groups is 2. The Bertz CT molecular complexity index is 1330. The molecular formula is C23H19IN2O7S. The van der Waals surface area contributed by atoms with Crippen LogP contribution in [0.2, 0.25) is 0 Å². The van der Waals surface area contributed by atoms with Crippen molar-refractivity contribution in [3.05, 3.63) is 81.4 Å². The van der Waals surface area contributed by atoms with E-state index in [9.17, 15) is 18.0 Å². The molecule has 0 saturated heterocycles. The Morgan fingerprint density at radius 3 is 2.53 bits per heavy atom. The summed E-state index contributed by atoms with van der Waals surface area (Å²) in [6.07, 6.45) is 0. The highest BCUT2D eigenvalue weighted by atomic mass is 127. The summed E-state index contributed by atoms with van der Waals surface area (Å²) < 4.78 is 44.3. The molecule has 0 saturated carbocycles. The van der Waals surface area contributed by atoms with Gasteiger partial charge in [-0.1, -0.05) is 12.1 Å². The van der Waals surface area contributed by atoms with Crippen molar-refractivity contribution < 1.29 is 32.2 Å². The average molecular weight is 594 g/mol. The molecule has 1 aliphatic rings. The van der Waals surface area contributed by atoms with Crippen LogP contribution >= 0.6 is 22.6 Å². The van der Waals surface area contributed by atoms with Gasteiger partial charge in [-0.2, -0.15) is 0 Å². The molecule has 0 aliphatic carbocycles. The second-order valence-corrected chi connectivity index (χ2v) is 10.1. The van der Waals surface area contributed by atoms with Gasteiger partial charge in [0, 0.05) is 15.8 Å². The first-order valence-electron chi connectivity index (χ1n) is 10.0. The van der Waals surface area contributed by atoms with Crippen LogP contribution in [0.15, 0.2) is 71.6 Å². The minimum absolute atomic E-state index is 0.00839. The van der Waals surface area contributed by atoms with Crippen molar-refractivity contribution >= 4 is 50.2 Å². The van der Waals surface area contributed by atoms with Gasteiger partial charge in [0.2, 0.25) is 6.79 Å². The lowest BCUT2D eigenvalue weighted by molar-refractivity contribution is -0.124. The largest absolute Gasteiger partial charge is 0.454 e. The summed E-state index contributed by atoms with van der Waals surface area (Å²) in [5.74, 6) is -0.0776. The number of rotatable bonds is 8. The first kappa shape index (κ1) is 23.8. The Morgan fingerprint density at radius 1 is 0.971 bits per heavy atom. The lowest BCUT2D eigenvalue weighted by Crippen LogP contribution is -2.28. The van der Waals surface area contributed by atoms with E-state index in [1.54, 1.807) is 42.5 Å². The summed E-state index contributed by atoms with van der Waals surface area (Å²) in [7, 11) is -3.92. The highest BCUT2D eigenvalue weighted by Gasteiger charge is 2.18. The number of hydrogen-bond acceptors (Lipinski definition) is 7. The number of amides is 1. The minimum atomic E-state index is -3.92. The summed E-state index contributed by atoms with van der Waals surface area (Å²) in [6.45, 7) is -0.141. The van der Waals surface area contributed by atoms with Crippen molar-refractivity contribution in [1.82, 2.24) is 5.32 Å². The van der Waals surface area contributed by atoms with Crippen LogP contribution in [0, 0.1) is 3.57 Å². The van der Waals surface area contributed by atoms with E-state index in [2.05, 4.69) is 32.6 Å². The zero-order chi connectivity index (χ0) is 24.1. The number of carbonyl (C=O) groups excluding carboxylic acids is 2. The highest BCUT2D eigenvalue weighted by Crippen LogP contribution is 2.32. The van der Waals surface area contributed by atoms with Crippen LogP contribution in [0.5, 0.6) is 11.5 Å². The van der Waals surface area contributed by atoms with Gasteiger partial charge >= 0.3 is 5.97 Å². The lowest BCUT2D eigenvalue weighted by Gasteiger charge is -2.10. The minimum Gasteiger partial charge on any atom is -0.454 e. The normalized spacial score (nSPS) is 12.1. The molecule has 0 radical (unpaired) electrons. The molecule has 4 rings (SSSR count).